The van der Waals surface area contributed by atoms with Crippen LogP contribution >= 0.6 is 0 Å². The first-order valence-corrected chi connectivity index (χ1v) is 8.05. The third-order valence-electron chi connectivity index (χ3n) is 4.07. The summed E-state index contributed by atoms with van der Waals surface area (Å²) in [6.07, 6.45) is 1.25. The first kappa shape index (κ1) is 17.1. The minimum absolute atomic E-state index is 0.0984. The third-order valence-corrected chi connectivity index (χ3v) is 4.07. The van der Waals surface area contributed by atoms with Crippen LogP contribution in [-0.4, -0.2) is 19.6 Å². The zero-order chi connectivity index (χ0) is 16.7. The third kappa shape index (κ3) is 5.13. The molecule has 0 fully saturated rings. The maximum atomic E-state index is 12.0. The number of ether oxygens (including phenoxy) is 1. The molecule has 0 aliphatic heterocycles. The van der Waals surface area contributed by atoms with Crippen LogP contribution in [0.4, 0.5) is 0 Å². The van der Waals surface area contributed by atoms with Gasteiger partial charge in [-0.2, -0.15) is 0 Å². The molecule has 0 bridgehead atoms. The van der Waals surface area contributed by atoms with Crippen LogP contribution in [-0.2, 0) is 11.2 Å². The fourth-order valence-corrected chi connectivity index (χ4v) is 2.61. The number of hydrogen-bond acceptors (Lipinski definition) is 2. The SMILES string of the molecule is COc1ccc(CCC(=O)NCC(C)c2ccccc2)cc1C. The van der Waals surface area contributed by atoms with Gasteiger partial charge in [-0.1, -0.05) is 49.4 Å². The van der Waals surface area contributed by atoms with E-state index in [1.165, 1.54) is 5.56 Å². The van der Waals surface area contributed by atoms with Crippen LogP contribution in [0.3, 0.4) is 0 Å². The number of aryl methyl sites for hydroxylation is 2. The summed E-state index contributed by atoms with van der Waals surface area (Å²) in [6, 6.07) is 16.3. The van der Waals surface area contributed by atoms with Crippen LogP contribution in [0.1, 0.15) is 36.0 Å². The van der Waals surface area contributed by atoms with Crippen LogP contribution in [0.25, 0.3) is 0 Å². The zero-order valence-corrected chi connectivity index (χ0v) is 14.1. The lowest BCUT2D eigenvalue weighted by Gasteiger charge is -2.13. The Kier molecular flexibility index (Phi) is 6.21. The zero-order valence-electron chi connectivity index (χ0n) is 14.1. The molecule has 0 heterocycles. The minimum atomic E-state index is 0.0984. The molecule has 0 saturated carbocycles. The molecule has 1 amide bonds. The molecule has 0 aliphatic carbocycles. The van der Waals surface area contributed by atoms with Gasteiger partial charge in [-0.15, -0.1) is 0 Å². The van der Waals surface area contributed by atoms with E-state index >= 15 is 0 Å². The predicted molar refractivity (Wildman–Crippen MR) is 93.9 cm³/mol. The van der Waals surface area contributed by atoms with Gasteiger partial charge >= 0.3 is 0 Å². The smallest absolute Gasteiger partial charge is 0.220 e. The number of amides is 1. The van der Waals surface area contributed by atoms with Gasteiger partial charge < -0.3 is 10.1 Å². The second-order valence-electron chi connectivity index (χ2n) is 5.92. The van der Waals surface area contributed by atoms with Crippen molar-refractivity contribution in [2.24, 2.45) is 0 Å². The van der Waals surface area contributed by atoms with E-state index in [2.05, 4.69) is 30.4 Å². The standard InChI is InChI=1S/C20H25NO2/c1-15-13-17(9-11-19(15)23-3)10-12-20(22)21-14-16(2)18-7-5-4-6-8-18/h4-9,11,13,16H,10,12,14H2,1-3H3,(H,21,22). The van der Waals surface area contributed by atoms with Crippen LogP contribution in [0.5, 0.6) is 5.75 Å². The quantitative estimate of drug-likeness (QED) is 0.843. The molecule has 0 aliphatic rings. The number of carbonyl (C=O) groups is 1. The van der Waals surface area contributed by atoms with Gasteiger partial charge in [0.25, 0.3) is 0 Å². The van der Waals surface area contributed by atoms with E-state index in [1.54, 1.807) is 7.11 Å². The number of carbonyl (C=O) groups excluding carboxylic acids is 1. The van der Waals surface area contributed by atoms with Crippen molar-refractivity contribution in [3.8, 4) is 5.75 Å². The molecule has 3 nitrogen and oxygen atoms in total. The summed E-state index contributed by atoms with van der Waals surface area (Å²) in [5.41, 5.74) is 3.51. The molecule has 0 aromatic heterocycles. The van der Waals surface area contributed by atoms with Gasteiger partial charge in [0.1, 0.15) is 5.75 Å². The summed E-state index contributed by atoms with van der Waals surface area (Å²) in [5.74, 6) is 1.31. The van der Waals surface area contributed by atoms with Crippen molar-refractivity contribution in [2.45, 2.75) is 32.6 Å². The first-order chi connectivity index (χ1) is 11.1. The predicted octanol–water partition coefficient (Wildman–Crippen LogP) is 3.86. The summed E-state index contributed by atoms with van der Waals surface area (Å²) in [4.78, 5) is 12.0. The summed E-state index contributed by atoms with van der Waals surface area (Å²) in [6.45, 7) is 4.82. The van der Waals surface area contributed by atoms with Crippen molar-refractivity contribution in [2.75, 3.05) is 13.7 Å². The second kappa shape index (κ2) is 8.37. The molecule has 1 unspecified atom stereocenters. The highest BCUT2D eigenvalue weighted by molar-refractivity contribution is 5.76. The maximum absolute atomic E-state index is 12.0. The van der Waals surface area contributed by atoms with Crippen LogP contribution in [0, 0.1) is 6.92 Å². The Morgan fingerprint density at radius 1 is 1.17 bits per heavy atom. The molecule has 0 spiro atoms. The second-order valence-corrected chi connectivity index (χ2v) is 5.92. The average Bonchev–Trinajstić information content (AvgIpc) is 2.58. The van der Waals surface area contributed by atoms with E-state index in [0.717, 1.165) is 23.3 Å². The van der Waals surface area contributed by atoms with Crippen LogP contribution in [0.2, 0.25) is 0 Å². The molecule has 1 atom stereocenters. The Bertz CT molecular complexity index is 637. The van der Waals surface area contributed by atoms with Crippen molar-refractivity contribution < 1.29 is 9.53 Å². The normalized spacial score (nSPS) is 11.8. The molecule has 122 valence electrons. The average molecular weight is 311 g/mol. The van der Waals surface area contributed by atoms with Crippen molar-refractivity contribution in [1.82, 2.24) is 5.32 Å². The van der Waals surface area contributed by atoms with E-state index < -0.39 is 0 Å². The van der Waals surface area contributed by atoms with E-state index in [-0.39, 0.29) is 5.91 Å². The Morgan fingerprint density at radius 2 is 1.91 bits per heavy atom. The molecule has 2 rings (SSSR count). The molecular weight excluding hydrogens is 286 g/mol. The molecule has 3 heteroatoms. The number of rotatable bonds is 7. The highest BCUT2D eigenvalue weighted by Crippen LogP contribution is 2.19. The van der Waals surface area contributed by atoms with Crippen LogP contribution < -0.4 is 10.1 Å². The van der Waals surface area contributed by atoms with Crippen molar-refractivity contribution in [1.29, 1.82) is 0 Å². The Morgan fingerprint density at radius 3 is 2.57 bits per heavy atom. The molecule has 0 saturated heterocycles. The molecule has 1 N–H and O–H groups in total. The lowest BCUT2D eigenvalue weighted by Crippen LogP contribution is -2.27. The van der Waals surface area contributed by atoms with E-state index in [9.17, 15) is 4.79 Å². The van der Waals surface area contributed by atoms with Gasteiger partial charge in [0.15, 0.2) is 0 Å². The van der Waals surface area contributed by atoms with Crippen molar-refractivity contribution >= 4 is 5.91 Å². The Hall–Kier alpha value is -2.29. The summed E-state index contributed by atoms with van der Waals surface area (Å²) in [7, 11) is 1.67. The lowest BCUT2D eigenvalue weighted by molar-refractivity contribution is -0.121. The van der Waals surface area contributed by atoms with Crippen molar-refractivity contribution in [3.05, 3.63) is 65.2 Å². The summed E-state index contributed by atoms with van der Waals surface area (Å²) < 4.78 is 5.25. The van der Waals surface area contributed by atoms with Crippen molar-refractivity contribution in [3.63, 3.8) is 0 Å². The molecule has 2 aromatic carbocycles. The number of hydrogen-bond donors (Lipinski definition) is 1. The lowest BCUT2D eigenvalue weighted by atomic mass is 10.0. The van der Waals surface area contributed by atoms with E-state index in [0.29, 0.717) is 18.9 Å². The van der Waals surface area contributed by atoms with Gasteiger partial charge in [0, 0.05) is 13.0 Å². The molecular formula is C20H25NO2. The van der Waals surface area contributed by atoms with Gasteiger partial charge in [-0.3, -0.25) is 4.79 Å². The fraction of sp³-hybridized carbons (Fsp3) is 0.350. The van der Waals surface area contributed by atoms with Gasteiger partial charge in [-0.25, -0.2) is 0 Å². The highest BCUT2D eigenvalue weighted by Gasteiger charge is 2.08. The van der Waals surface area contributed by atoms with Crippen LogP contribution in [0.15, 0.2) is 48.5 Å². The van der Waals surface area contributed by atoms with Gasteiger partial charge in [-0.05, 0) is 42.0 Å². The molecule has 2 aromatic rings. The summed E-state index contributed by atoms with van der Waals surface area (Å²) >= 11 is 0. The van der Waals surface area contributed by atoms with Gasteiger partial charge in [0.2, 0.25) is 5.91 Å². The number of methoxy groups -OCH3 is 1. The molecule has 0 radical (unpaired) electrons. The van der Waals surface area contributed by atoms with Gasteiger partial charge in [0.05, 0.1) is 7.11 Å². The summed E-state index contributed by atoms with van der Waals surface area (Å²) in [5, 5.41) is 3.02. The Labute approximate surface area is 138 Å². The maximum Gasteiger partial charge on any atom is 0.220 e. The van der Waals surface area contributed by atoms with E-state index in [4.69, 9.17) is 4.74 Å². The Balaban J connectivity index is 1.78. The number of benzene rings is 2. The largest absolute Gasteiger partial charge is 0.496 e. The number of nitrogens with one attached hydrogen (secondary N) is 1. The monoisotopic (exact) mass is 311 g/mol. The fourth-order valence-electron chi connectivity index (χ4n) is 2.61. The topological polar surface area (TPSA) is 38.3 Å². The first-order valence-electron chi connectivity index (χ1n) is 8.05. The van der Waals surface area contributed by atoms with E-state index in [1.807, 2.05) is 37.3 Å². The minimum Gasteiger partial charge on any atom is -0.496 e. The highest BCUT2D eigenvalue weighted by atomic mass is 16.5. The molecule has 23 heavy (non-hydrogen) atoms.